The maximum Gasteiger partial charge on any atom is 0.264 e. The van der Waals surface area contributed by atoms with Crippen LogP contribution in [0.3, 0.4) is 0 Å². The Bertz CT molecular complexity index is 1200. The van der Waals surface area contributed by atoms with Crippen LogP contribution in [0.5, 0.6) is 17.2 Å². The number of hydrogen-bond donors (Lipinski definition) is 1. The van der Waals surface area contributed by atoms with Gasteiger partial charge in [0, 0.05) is 30.6 Å². The van der Waals surface area contributed by atoms with E-state index in [1.165, 1.54) is 11.3 Å². The molecule has 1 aromatic heterocycles. The highest BCUT2D eigenvalue weighted by Gasteiger charge is 2.34. The zero-order valence-electron chi connectivity index (χ0n) is 17.9. The van der Waals surface area contributed by atoms with Crippen molar-refractivity contribution in [3.8, 4) is 17.2 Å². The summed E-state index contributed by atoms with van der Waals surface area (Å²) in [5, 5.41) is 12.1. The first kappa shape index (κ1) is 21.2. The van der Waals surface area contributed by atoms with Gasteiger partial charge >= 0.3 is 0 Å². The number of fused-ring (bicyclic) bond motifs is 1. The Morgan fingerprint density at radius 1 is 1.21 bits per heavy atom. The standard InChI is InChI=1S/C23H22N4O5S/c1-2-14-5-3-4-6-17(14)27-11-15(9-21(27)29)22-25-26-23(33-22)24-20(28)12-30-16-7-8-18-19(10-16)32-13-31-18/h3-8,10,15H,2,9,11-13H2,1H3,(H,24,26,28). The van der Waals surface area contributed by atoms with Crippen LogP contribution in [0.25, 0.3) is 0 Å². The number of nitrogens with one attached hydrogen (secondary N) is 1. The summed E-state index contributed by atoms with van der Waals surface area (Å²) in [6, 6.07) is 13.1. The maximum absolute atomic E-state index is 12.7. The minimum Gasteiger partial charge on any atom is -0.484 e. The van der Waals surface area contributed by atoms with Crippen LogP contribution in [0.2, 0.25) is 0 Å². The SMILES string of the molecule is CCc1ccccc1N1CC(c2nnc(NC(=O)COc3ccc4c(c3)OCO4)s2)CC1=O. The smallest absolute Gasteiger partial charge is 0.264 e. The molecule has 3 aromatic rings. The van der Waals surface area contributed by atoms with Crippen LogP contribution in [0.15, 0.2) is 42.5 Å². The molecule has 0 saturated carbocycles. The summed E-state index contributed by atoms with van der Waals surface area (Å²) in [6.45, 7) is 2.62. The summed E-state index contributed by atoms with van der Waals surface area (Å²) in [5.41, 5.74) is 2.09. The summed E-state index contributed by atoms with van der Waals surface area (Å²) >= 11 is 1.28. The Morgan fingerprint density at radius 2 is 2.06 bits per heavy atom. The van der Waals surface area contributed by atoms with Gasteiger partial charge < -0.3 is 19.1 Å². The predicted molar refractivity (Wildman–Crippen MR) is 122 cm³/mol. The van der Waals surface area contributed by atoms with Crippen LogP contribution < -0.4 is 24.4 Å². The molecule has 1 saturated heterocycles. The lowest BCUT2D eigenvalue weighted by Crippen LogP contribution is -2.25. The number of carbonyl (C=O) groups excluding carboxylic acids is 2. The van der Waals surface area contributed by atoms with Gasteiger partial charge in [0.15, 0.2) is 18.1 Å². The van der Waals surface area contributed by atoms with Crippen molar-refractivity contribution in [3.05, 3.63) is 53.0 Å². The fourth-order valence-electron chi connectivity index (χ4n) is 3.90. The highest BCUT2D eigenvalue weighted by atomic mass is 32.1. The number of aromatic nitrogens is 2. The minimum absolute atomic E-state index is 0.0598. The van der Waals surface area contributed by atoms with Crippen LogP contribution in [-0.2, 0) is 16.0 Å². The number of carbonyl (C=O) groups is 2. The highest BCUT2D eigenvalue weighted by molar-refractivity contribution is 7.15. The third-order valence-electron chi connectivity index (χ3n) is 5.54. The number of aryl methyl sites for hydroxylation is 1. The van der Waals surface area contributed by atoms with Crippen molar-refractivity contribution in [2.24, 2.45) is 0 Å². The highest BCUT2D eigenvalue weighted by Crippen LogP contribution is 2.36. The number of nitrogens with zero attached hydrogens (tertiary/aromatic N) is 3. The molecule has 0 radical (unpaired) electrons. The lowest BCUT2D eigenvalue weighted by molar-refractivity contribution is -0.118. The van der Waals surface area contributed by atoms with E-state index in [0.29, 0.717) is 35.3 Å². The monoisotopic (exact) mass is 466 g/mol. The molecular weight excluding hydrogens is 444 g/mol. The Labute approximate surface area is 194 Å². The molecule has 0 bridgehead atoms. The molecular formula is C23H22N4O5S. The van der Waals surface area contributed by atoms with E-state index in [1.54, 1.807) is 18.2 Å². The first-order chi connectivity index (χ1) is 16.1. The average Bonchev–Trinajstić information content (AvgIpc) is 3.57. The summed E-state index contributed by atoms with van der Waals surface area (Å²) in [7, 11) is 0. The molecule has 9 nitrogen and oxygen atoms in total. The van der Waals surface area contributed by atoms with E-state index in [1.807, 2.05) is 29.2 Å². The summed E-state index contributed by atoms with van der Waals surface area (Å²) in [6.07, 6.45) is 1.22. The van der Waals surface area contributed by atoms with Gasteiger partial charge in [-0.05, 0) is 30.2 Å². The van der Waals surface area contributed by atoms with Crippen LogP contribution in [0.4, 0.5) is 10.8 Å². The molecule has 1 fully saturated rings. The molecule has 2 aliphatic heterocycles. The van der Waals surface area contributed by atoms with Crippen molar-refractivity contribution < 1.29 is 23.8 Å². The number of rotatable bonds is 7. The molecule has 33 heavy (non-hydrogen) atoms. The van der Waals surface area contributed by atoms with E-state index in [2.05, 4.69) is 22.4 Å². The lowest BCUT2D eigenvalue weighted by atomic mass is 10.1. The van der Waals surface area contributed by atoms with E-state index in [4.69, 9.17) is 14.2 Å². The van der Waals surface area contributed by atoms with Crippen LogP contribution in [0.1, 0.15) is 29.8 Å². The van der Waals surface area contributed by atoms with Gasteiger partial charge in [-0.2, -0.15) is 0 Å². The molecule has 10 heteroatoms. The van der Waals surface area contributed by atoms with Gasteiger partial charge in [-0.1, -0.05) is 36.5 Å². The molecule has 5 rings (SSSR count). The predicted octanol–water partition coefficient (Wildman–Crippen LogP) is 3.37. The summed E-state index contributed by atoms with van der Waals surface area (Å²) in [4.78, 5) is 26.8. The zero-order valence-corrected chi connectivity index (χ0v) is 18.8. The largest absolute Gasteiger partial charge is 0.484 e. The fraction of sp³-hybridized carbons (Fsp3) is 0.304. The lowest BCUT2D eigenvalue weighted by Gasteiger charge is -2.19. The van der Waals surface area contributed by atoms with Gasteiger partial charge in [-0.25, -0.2) is 0 Å². The molecule has 3 heterocycles. The van der Waals surface area contributed by atoms with Crippen molar-refractivity contribution in [3.63, 3.8) is 0 Å². The molecule has 0 spiro atoms. The van der Waals surface area contributed by atoms with Gasteiger partial charge in [0.2, 0.25) is 17.8 Å². The second-order valence-corrected chi connectivity index (χ2v) is 8.69. The molecule has 2 aromatic carbocycles. The summed E-state index contributed by atoms with van der Waals surface area (Å²) in [5.74, 6) is 1.40. The van der Waals surface area contributed by atoms with E-state index in [9.17, 15) is 9.59 Å². The Hall–Kier alpha value is -3.66. The molecule has 1 atom stereocenters. The van der Waals surface area contributed by atoms with Gasteiger partial charge in [0.05, 0.1) is 0 Å². The number of amides is 2. The van der Waals surface area contributed by atoms with Crippen molar-refractivity contribution in [1.82, 2.24) is 10.2 Å². The van der Waals surface area contributed by atoms with Gasteiger partial charge in [0.25, 0.3) is 5.91 Å². The molecule has 2 aliphatic rings. The van der Waals surface area contributed by atoms with Crippen LogP contribution in [0, 0.1) is 0 Å². The summed E-state index contributed by atoms with van der Waals surface area (Å²) < 4.78 is 16.1. The van der Waals surface area contributed by atoms with Crippen molar-refractivity contribution in [2.75, 3.05) is 30.2 Å². The van der Waals surface area contributed by atoms with E-state index in [-0.39, 0.29) is 31.1 Å². The van der Waals surface area contributed by atoms with E-state index >= 15 is 0 Å². The third-order valence-corrected chi connectivity index (χ3v) is 6.54. The van der Waals surface area contributed by atoms with Crippen molar-refractivity contribution >= 4 is 34.0 Å². The van der Waals surface area contributed by atoms with Gasteiger partial charge in [-0.3, -0.25) is 14.9 Å². The second kappa shape index (κ2) is 9.07. The number of benzene rings is 2. The van der Waals surface area contributed by atoms with Gasteiger partial charge in [-0.15, -0.1) is 10.2 Å². The van der Waals surface area contributed by atoms with Gasteiger partial charge in [0.1, 0.15) is 10.8 Å². The molecule has 0 aliphatic carbocycles. The normalized spacial score (nSPS) is 16.8. The third kappa shape index (κ3) is 4.47. The van der Waals surface area contributed by atoms with E-state index < -0.39 is 0 Å². The van der Waals surface area contributed by atoms with Crippen molar-refractivity contribution in [2.45, 2.75) is 25.7 Å². The second-order valence-electron chi connectivity index (χ2n) is 7.69. The Balaban J connectivity index is 1.18. The average molecular weight is 467 g/mol. The number of ether oxygens (including phenoxy) is 3. The zero-order chi connectivity index (χ0) is 22.8. The number of para-hydroxylation sites is 1. The molecule has 2 amide bonds. The van der Waals surface area contributed by atoms with Crippen LogP contribution in [-0.4, -0.2) is 42.0 Å². The molecule has 1 unspecified atom stereocenters. The van der Waals surface area contributed by atoms with E-state index in [0.717, 1.165) is 22.7 Å². The quantitative estimate of drug-likeness (QED) is 0.569. The Kier molecular flexibility index (Phi) is 5.82. The number of anilines is 2. The fourth-order valence-corrected chi connectivity index (χ4v) is 4.75. The first-order valence-electron chi connectivity index (χ1n) is 10.6. The Morgan fingerprint density at radius 3 is 2.94 bits per heavy atom. The first-order valence-corrected chi connectivity index (χ1v) is 11.5. The molecule has 1 N–H and O–H groups in total. The van der Waals surface area contributed by atoms with Crippen molar-refractivity contribution in [1.29, 1.82) is 0 Å². The topological polar surface area (TPSA) is 103 Å². The molecule has 170 valence electrons. The van der Waals surface area contributed by atoms with Crippen LogP contribution >= 0.6 is 11.3 Å². The maximum atomic E-state index is 12.7. The number of hydrogen-bond acceptors (Lipinski definition) is 8. The minimum atomic E-state index is -0.351.